The van der Waals surface area contributed by atoms with Crippen LogP contribution in [0.15, 0.2) is 48.5 Å². The Kier molecular flexibility index (Phi) is 6.24. The summed E-state index contributed by atoms with van der Waals surface area (Å²) in [6, 6.07) is 15.3. The molecular weight excluding hydrogens is 302 g/mol. The van der Waals surface area contributed by atoms with Crippen LogP contribution in [0.1, 0.15) is 31.7 Å². The molecule has 2 atom stereocenters. The molecular formula is C20H25NO3. The van der Waals surface area contributed by atoms with Gasteiger partial charge in [-0.1, -0.05) is 50.6 Å². The average molecular weight is 327 g/mol. The zero-order valence-electron chi connectivity index (χ0n) is 14.7. The van der Waals surface area contributed by atoms with E-state index >= 15 is 0 Å². The predicted molar refractivity (Wildman–Crippen MR) is 96.8 cm³/mol. The highest BCUT2D eigenvalue weighted by Gasteiger charge is 2.26. The van der Waals surface area contributed by atoms with Crippen molar-refractivity contribution in [1.29, 1.82) is 0 Å². The van der Waals surface area contributed by atoms with Crippen LogP contribution in [0.4, 0.5) is 5.69 Å². The number of carbonyl (C=O) groups excluding carboxylic acids is 1. The van der Waals surface area contributed by atoms with Gasteiger partial charge in [0.05, 0.1) is 20.1 Å². The molecule has 128 valence electrons. The molecule has 0 heterocycles. The van der Waals surface area contributed by atoms with Gasteiger partial charge in [0.25, 0.3) is 0 Å². The van der Waals surface area contributed by atoms with E-state index in [-0.39, 0.29) is 17.7 Å². The van der Waals surface area contributed by atoms with E-state index in [0.717, 1.165) is 12.0 Å². The number of amides is 1. The maximum atomic E-state index is 12.9. The van der Waals surface area contributed by atoms with Crippen molar-refractivity contribution in [2.24, 2.45) is 5.92 Å². The molecule has 0 aliphatic rings. The van der Waals surface area contributed by atoms with E-state index in [2.05, 4.69) is 19.2 Å². The van der Waals surface area contributed by atoms with Crippen molar-refractivity contribution < 1.29 is 14.3 Å². The summed E-state index contributed by atoms with van der Waals surface area (Å²) >= 11 is 0. The zero-order chi connectivity index (χ0) is 17.5. The first-order chi connectivity index (χ1) is 11.6. The van der Waals surface area contributed by atoms with Crippen molar-refractivity contribution in [3.63, 3.8) is 0 Å². The molecule has 0 fully saturated rings. The summed E-state index contributed by atoms with van der Waals surface area (Å²) in [6.07, 6.45) is 0.925. The maximum absolute atomic E-state index is 12.9. The predicted octanol–water partition coefficient (Wildman–Crippen LogP) is 4.47. The quantitative estimate of drug-likeness (QED) is 0.816. The minimum Gasteiger partial charge on any atom is -0.497 e. The molecule has 0 bridgehead atoms. The summed E-state index contributed by atoms with van der Waals surface area (Å²) in [4.78, 5) is 12.9. The van der Waals surface area contributed by atoms with Crippen LogP contribution in [0.5, 0.6) is 11.5 Å². The Morgan fingerprint density at radius 2 is 1.62 bits per heavy atom. The summed E-state index contributed by atoms with van der Waals surface area (Å²) in [7, 11) is 3.18. The highest BCUT2D eigenvalue weighted by Crippen LogP contribution is 2.30. The fourth-order valence-electron chi connectivity index (χ4n) is 2.73. The smallest absolute Gasteiger partial charge is 0.232 e. The first kappa shape index (κ1) is 17.9. The van der Waals surface area contributed by atoms with Crippen molar-refractivity contribution >= 4 is 11.6 Å². The van der Waals surface area contributed by atoms with Crippen LogP contribution >= 0.6 is 0 Å². The molecule has 4 nitrogen and oxygen atoms in total. The standard InChI is InChI=1S/C20H25NO3/c1-5-14(2)19(15-9-7-6-8-10-15)20(22)21-16-11-17(23-3)13-18(12-16)24-4/h6-14,19H,5H2,1-4H3,(H,21,22). The number of anilines is 1. The summed E-state index contributed by atoms with van der Waals surface area (Å²) in [5.74, 6) is 1.30. The number of rotatable bonds is 7. The van der Waals surface area contributed by atoms with Crippen LogP contribution in [0.3, 0.4) is 0 Å². The molecule has 2 aromatic carbocycles. The lowest BCUT2D eigenvalue weighted by molar-refractivity contribution is -0.118. The average Bonchev–Trinajstić information content (AvgIpc) is 2.62. The molecule has 0 aliphatic carbocycles. The van der Waals surface area contributed by atoms with Gasteiger partial charge in [-0.3, -0.25) is 4.79 Å². The summed E-state index contributed by atoms with van der Waals surface area (Å²) in [5.41, 5.74) is 1.69. The number of hydrogen-bond donors (Lipinski definition) is 1. The van der Waals surface area contributed by atoms with E-state index in [9.17, 15) is 4.79 Å². The maximum Gasteiger partial charge on any atom is 0.232 e. The fraction of sp³-hybridized carbons (Fsp3) is 0.350. The van der Waals surface area contributed by atoms with Gasteiger partial charge in [0.1, 0.15) is 11.5 Å². The molecule has 2 rings (SSSR count). The molecule has 1 amide bonds. The third-order valence-corrected chi connectivity index (χ3v) is 4.27. The van der Waals surface area contributed by atoms with Crippen molar-refractivity contribution in [3.05, 3.63) is 54.1 Å². The van der Waals surface area contributed by atoms with E-state index in [0.29, 0.717) is 17.2 Å². The molecule has 0 saturated carbocycles. The van der Waals surface area contributed by atoms with E-state index < -0.39 is 0 Å². The first-order valence-corrected chi connectivity index (χ1v) is 8.17. The second-order valence-corrected chi connectivity index (χ2v) is 5.86. The van der Waals surface area contributed by atoms with Gasteiger partial charge < -0.3 is 14.8 Å². The number of carbonyl (C=O) groups is 1. The Labute approximate surface area is 143 Å². The SMILES string of the molecule is CCC(C)C(C(=O)Nc1cc(OC)cc(OC)c1)c1ccccc1. The van der Waals surface area contributed by atoms with E-state index in [1.807, 2.05) is 30.3 Å². The fourth-order valence-corrected chi connectivity index (χ4v) is 2.73. The topological polar surface area (TPSA) is 47.6 Å². The molecule has 0 radical (unpaired) electrons. The molecule has 0 aliphatic heterocycles. The highest BCUT2D eigenvalue weighted by atomic mass is 16.5. The van der Waals surface area contributed by atoms with Gasteiger partial charge in [-0.05, 0) is 11.5 Å². The van der Waals surface area contributed by atoms with Gasteiger partial charge in [0, 0.05) is 23.9 Å². The third-order valence-electron chi connectivity index (χ3n) is 4.27. The lowest BCUT2D eigenvalue weighted by atomic mass is 9.85. The van der Waals surface area contributed by atoms with Crippen LogP contribution < -0.4 is 14.8 Å². The van der Waals surface area contributed by atoms with Gasteiger partial charge in [0.15, 0.2) is 0 Å². The third kappa shape index (κ3) is 4.28. The Hall–Kier alpha value is -2.49. The summed E-state index contributed by atoms with van der Waals surface area (Å²) < 4.78 is 10.5. The van der Waals surface area contributed by atoms with Crippen LogP contribution in [-0.2, 0) is 4.79 Å². The van der Waals surface area contributed by atoms with Crippen molar-refractivity contribution in [2.75, 3.05) is 19.5 Å². The zero-order valence-corrected chi connectivity index (χ0v) is 14.7. The minimum atomic E-state index is -0.201. The number of benzene rings is 2. The monoisotopic (exact) mass is 327 g/mol. The molecule has 0 spiro atoms. The van der Waals surface area contributed by atoms with Gasteiger partial charge in [-0.25, -0.2) is 0 Å². The van der Waals surface area contributed by atoms with E-state index in [4.69, 9.17) is 9.47 Å². The van der Waals surface area contributed by atoms with Gasteiger partial charge in [-0.15, -0.1) is 0 Å². The molecule has 2 unspecified atom stereocenters. The van der Waals surface area contributed by atoms with Gasteiger partial charge in [0.2, 0.25) is 5.91 Å². The Morgan fingerprint density at radius 3 is 2.12 bits per heavy atom. The Balaban J connectivity index is 2.28. The molecule has 24 heavy (non-hydrogen) atoms. The second kappa shape index (κ2) is 8.39. The van der Waals surface area contributed by atoms with E-state index in [1.54, 1.807) is 32.4 Å². The van der Waals surface area contributed by atoms with Gasteiger partial charge >= 0.3 is 0 Å². The number of ether oxygens (including phenoxy) is 2. The number of nitrogens with one attached hydrogen (secondary N) is 1. The lowest BCUT2D eigenvalue weighted by Gasteiger charge is -2.23. The van der Waals surface area contributed by atoms with Crippen molar-refractivity contribution in [1.82, 2.24) is 0 Å². The summed E-state index contributed by atoms with van der Waals surface area (Å²) in [6.45, 7) is 4.20. The first-order valence-electron chi connectivity index (χ1n) is 8.17. The molecule has 0 aromatic heterocycles. The van der Waals surface area contributed by atoms with E-state index in [1.165, 1.54) is 0 Å². The normalized spacial score (nSPS) is 13.0. The Morgan fingerprint density at radius 1 is 1.04 bits per heavy atom. The lowest BCUT2D eigenvalue weighted by Crippen LogP contribution is -2.26. The van der Waals surface area contributed by atoms with Crippen LogP contribution in [0.25, 0.3) is 0 Å². The largest absolute Gasteiger partial charge is 0.497 e. The van der Waals surface area contributed by atoms with Gasteiger partial charge in [-0.2, -0.15) is 0 Å². The molecule has 1 N–H and O–H groups in total. The van der Waals surface area contributed by atoms with Crippen LogP contribution in [0, 0.1) is 5.92 Å². The van der Waals surface area contributed by atoms with Crippen LogP contribution in [-0.4, -0.2) is 20.1 Å². The second-order valence-electron chi connectivity index (χ2n) is 5.86. The number of hydrogen-bond acceptors (Lipinski definition) is 3. The molecule has 2 aromatic rings. The molecule has 0 saturated heterocycles. The minimum absolute atomic E-state index is 0.0224. The van der Waals surface area contributed by atoms with Crippen molar-refractivity contribution in [2.45, 2.75) is 26.2 Å². The highest BCUT2D eigenvalue weighted by molar-refractivity contribution is 5.96. The summed E-state index contributed by atoms with van der Waals surface area (Å²) in [5, 5.41) is 3.01. The van der Waals surface area contributed by atoms with Crippen molar-refractivity contribution in [3.8, 4) is 11.5 Å². The molecule has 4 heteroatoms. The Bertz CT molecular complexity index is 648. The number of methoxy groups -OCH3 is 2. The van der Waals surface area contributed by atoms with Crippen LogP contribution in [0.2, 0.25) is 0 Å².